The number of nitrogens with two attached hydrogens (primary N) is 1. The Balaban J connectivity index is 2.42. The molecule has 0 aliphatic carbocycles. The van der Waals surface area contributed by atoms with Gasteiger partial charge in [0, 0.05) is 37.9 Å². The van der Waals surface area contributed by atoms with Crippen LogP contribution < -0.4 is 16.0 Å². The Morgan fingerprint density at radius 1 is 1.41 bits per heavy atom. The zero-order valence-corrected chi connectivity index (χ0v) is 9.77. The molecule has 0 aromatic heterocycles. The minimum atomic E-state index is -0.343. The maximum Gasteiger partial charge on any atom is 0.292 e. The summed E-state index contributed by atoms with van der Waals surface area (Å²) < 4.78 is 0. The first-order chi connectivity index (χ1) is 8.09. The summed E-state index contributed by atoms with van der Waals surface area (Å²) in [5.74, 6) is 0. The highest BCUT2D eigenvalue weighted by Gasteiger charge is 2.22. The number of rotatable bonds is 2. The molecule has 1 aromatic carbocycles. The summed E-state index contributed by atoms with van der Waals surface area (Å²) in [5, 5.41) is 14.3. The van der Waals surface area contributed by atoms with Gasteiger partial charge in [-0.25, -0.2) is 0 Å². The maximum atomic E-state index is 11.1. The van der Waals surface area contributed by atoms with Crippen LogP contribution in [-0.4, -0.2) is 31.1 Å². The molecule has 92 valence electrons. The topological polar surface area (TPSA) is 84.4 Å². The Bertz CT molecular complexity index is 441. The van der Waals surface area contributed by atoms with Crippen LogP contribution in [0.2, 0.25) is 0 Å². The lowest BCUT2D eigenvalue weighted by Crippen LogP contribution is -2.43. The zero-order chi connectivity index (χ0) is 12.4. The van der Waals surface area contributed by atoms with Gasteiger partial charge in [-0.1, -0.05) is 0 Å². The molecule has 1 aromatic rings. The molecule has 0 unspecified atom stereocenters. The molecular weight excluding hydrogens is 220 g/mol. The number of benzene rings is 1. The highest BCUT2D eigenvalue weighted by molar-refractivity contribution is 5.71. The normalized spacial score (nSPS) is 15.9. The van der Waals surface area contributed by atoms with Crippen LogP contribution in [0.3, 0.4) is 0 Å². The summed E-state index contributed by atoms with van der Waals surface area (Å²) in [4.78, 5) is 12.7. The highest BCUT2D eigenvalue weighted by Crippen LogP contribution is 2.32. The third-order valence-corrected chi connectivity index (χ3v) is 3.02. The van der Waals surface area contributed by atoms with Crippen molar-refractivity contribution in [3.63, 3.8) is 0 Å². The van der Waals surface area contributed by atoms with Crippen molar-refractivity contribution in [3.8, 4) is 0 Å². The van der Waals surface area contributed by atoms with E-state index in [-0.39, 0.29) is 10.6 Å². The molecule has 1 aliphatic heterocycles. The first-order valence-corrected chi connectivity index (χ1v) is 5.60. The first kappa shape index (κ1) is 11.7. The van der Waals surface area contributed by atoms with E-state index in [1.54, 1.807) is 19.1 Å². The Hall–Kier alpha value is -1.82. The van der Waals surface area contributed by atoms with Crippen molar-refractivity contribution in [3.05, 3.63) is 27.8 Å². The van der Waals surface area contributed by atoms with Gasteiger partial charge in [0.2, 0.25) is 0 Å². The second-order valence-electron chi connectivity index (χ2n) is 4.19. The van der Waals surface area contributed by atoms with Gasteiger partial charge in [0.25, 0.3) is 5.69 Å². The monoisotopic (exact) mass is 236 g/mol. The van der Waals surface area contributed by atoms with E-state index in [0.717, 1.165) is 31.7 Å². The predicted molar refractivity (Wildman–Crippen MR) is 67.3 cm³/mol. The second kappa shape index (κ2) is 4.58. The number of nitro benzene ring substituents is 1. The Kier molecular flexibility index (Phi) is 3.14. The number of nitrogens with zero attached hydrogens (tertiary/aromatic N) is 2. The van der Waals surface area contributed by atoms with E-state index in [9.17, 15) is 10.1 Å². The lowest BCUT2D eigenvalue weighted by Gasteiger charge is -2.29. The smallest absolute Gasteiger partial charge is 0.292 e. The summed E-state index contributed by atoms with van der Waals surface area (Å²) in [5.41, 5.74) is 7.94. The molecule has 3 N–H and O–H groups in total. The molecule has 1 aliphatic rings. The summed E-state index contributed by atoms with van der Waals surface area (Å²) in [7, 11) is 0. The maximum absolute atomic E-state index is 11.1. The van der Waals surface area contributed by atoms with Gasteiger partial charge in [-0.2, -0.15) is 0 Å². The number of nitrogens with one attached hydrogen (secondary N) is 1. The Labute approximate surface area is 99.6 Å². The SMILES string of the molecule is Cc1cc([N+](=O)[O-])c(N2CCNCC2)cc1N. The number of aryl methyl sites for hydroxylation is 1. The third kappa shape index (κ3) is 2.31. The molecule has 1 saturated heterocycles. The average molecular weight is 236 g/mol. The molecule has 2 rings (SSSR count). The molecular formula is C11H16N4O2. The molecule has 0 radical (unpaired) electrons. The molecule has 0 bridgehead atoms. The molecule has 0 atom stereocenters. The summed E-state index contributed by atoms with van der Waals surface area (Å²) in [6.45, 7) is 4.99. The van der Waals surface area contributed by atoms with E-state index in [1.807, 2.05) is 4.90 Å². The van der Waals surface area contributed by atoms with E-state index < -0.39 is 0 Å². The van der Waals surface area contributed by atoms with Crippen LogP contribution in [0.4, 0.5) is 17.1 Å². The minimum absolute atomic E-state index is 0.138. The van der Waals surface area contributed by atoms with Gasteiger partial charge in [-0.05, 0) is 18.6 Å². The fraction of sp³-hybridized carbons (Fsp3) is 0.455. The van der Waals surface area contributed by atoms with E-state index in [1.165, 1.54) is 0 Å². The molecule has 0 spiro atoms. The van der Waals surface area contributed by atoms with Gasteiger partial charge in [0.05, 0.1) is 4.92 Å². The molecule has 17 heavy (non-hydrogen) atoms. The van der Waals surface area contributed by atoms with Crippen LogP contribution in [0.5, 0.6) is 0 Å². The minimum Gasteiger partial charge on any atom is -0.398 e. The lowest BCUT2D eigenvalue weighted by atomic mass is 10.1. The van der Waals surface area contributed by atoms with E-state index in [0.29, 0.717) is 11.4 Å². The number of piperazine rings is 1. The number of anilines is 2. The van der Waals surface area contributed by atoms with E-state index >= 15 is 0 Å². The van der Waals surface area contributed by atoms with Crippen LogP contribution >= 0.6 is 0 Å². The van der Waals surface area contributed by atoms with Crippen molar-refractivity contribution in [1.82, 2.24) is 5.32 Å². The van der Waals surface area contributed by atoms with Crippen LogP contribution in [0.1, 0.15) is 5.56 Å². The fourth-order valence-electron chi connectivity index (χ4n) is 2.00. The molecule has 1 fully saturated rings. The third-order valence-electron chi connectivity index (χ3n) is 3.02. The van der Waals surface area contributed by atoms with Crippen molar-refractivity contribution in [2.24, 2.45) is 0 Å². The molecule has 6 heteroatoms. The average Bonchev–Trinajstić information content (AvgIpc) is 2.33. The number of nitrogen functional groups attached to an aromatic ring is 1. The molecule has 1 heterocycles. The predicted octanol–water partition coefficient (Wildman–Crippen LogP) is 0.895. The van der Waals surface area contributed by atoms with Crippen LogP contribution in [0.25, 0.3) is 0 Å². The standard InChI is InChI=1S/C11H16N4O2/c1-8-6-11(15(16)17)10(7-9(8)12)14-4-2-13-3-5-14/h6-7,13H,2-5,12H2,1H3. The highest BCUT2D eigenvalue weighted by atomic mass is 16.6. The van der Waals surface area contributed by atoms with Crippen molar-refractivity contribution >= 4 is 17.1 Å². The number of hydrogen-bond acceptors (Lipinski definition) is 5. The van der Waals surface area contributed by atoms with Gasteiger partial charge in [0.15, 0.2) is 0 Å². The quantitative estimate of drug-likeness (QED) is 0.452. The van der Waals surface area contributed by atoms with Crippen molar-refractivity contribution in [2.45, 2.75) is 6.92 Å². The van der Waals surface area contributed by atoms with E-state index in [4.69, 9.17) is 5.73 Å². The number of nitro groups is 1. The molecule has 0 saturated carbocycles. The Morgan fingerprint density at radius 2 is 2.06 bits per heavy atom. The first-order valence-electron chi connectivity index (χ1n) is 5.60. The van der Waals surface area contributed by atoms with Gasteiger partial charge in [0.1, 0.15) is 5.69 Å². The molecule has 6 nitrogen and oxygen atoms in total. The van der Waals surface area contributed by atoms with Crippen LogP contribution in [0, 0.1) is 17.0 Å². The number of hydrogen-bond donors (Lipinski definition) is 2. The van der Waals surface area contributed by atoms with Crippen molar-refractivity contribution in [2.75, 3.05) is 36.8 Å². The van der Waals surface area contributed by atoms with Crippen molar-refractivity contribution in [1.29, 1.82) is 0 Å². The van der Waals surface area contributed by atoms with Gasteiger partial charge < -0.3 is 16.0 Å². The van der Waals surface area contributed by atoms with Gasteiger partial charge in [-0.3, -0.25) is 10.1 Å². The van der Waals surface area contributed by atoms with Crippen LogP contribution in [-0.2, 0) is 0 Å². The van der Waals surface area contributed by atoms with Gasteiger partial charge >= 0.3 is 0 Å². The second-order valence-corrected chi connectivity index (χ2v) is 4.19. The lowest BCUT2D eigenvalue weighted by molar-refractivity contribution is -0.384. The zero-order valence-electron chi connectivity index (χ0n) is 9.77. The summed E-state index contributed by atoms with van der Waals surface area (Å²) >= 11 is 0. The fourth-order valence-corrected chi connectivity index (χ4v) is 2.00. The van der Waals surface area contributed by atoms with Crippen molar-refractivity contribution < 1.29 is 4.92 Å². The van der Waals surface area contributed by atoms with Gasteiger partial charge in [-0.15, -0.1) is 0 Å². The summed E-state index contributed by atoms with van der Waals surface area (Å²) in [6, 6.07) is 3.26. The van der Waals surface area contributed by atoms with Crippen LogP contribution in [0.15, 0.2) is 12.1 Å². The summed E-state index contributed by atoms with van der Waals surface area (Å²) in [6.07, 6.45) is 0. The van der Waals surface area contributed by atoms with E-state index in [2.05, 4.69) is 5.32 Å². The largest absolute Gasteiger partial charge is 0.398 e. The molecule has 0 amide bonds. The Morgan fingerprint density at radius 3 is 2.65 bits per heavy atom.